The summed E-state index contributed by atoms with van der Waals surface area (Å²) in [6.07, 6.45) is 1.64. The molecule has 0 radical (unpaired) electrons. The topological polar surface area (TPSA) is 81.6 Å². The first kappa shape index (κ1) is 17.0. The van der Waals surface area contributed by atoms with E-state index < -0.39 is 5.91 Å². The van der Waals surface area contributed by atoms with Crippen LogP contribution < -0.4 is 5.32 Å². The molecule has 2 heterocycles. The second-order valence-electron chi connectivity index (χ2n) is 6.32. The predicted molar refractivity (Wildman–Crippen MR) is 110 cm³/mol. The molecule has 0 aliphatic heterocycles. The Kier molecular flexibility index (Phi) is 4.22. The average molecular weight is 372 g/mol. The van der Waals surface area contributed by atoms with E-state index in [0.717, 1.165) is 37.9 Å². The minimum atomic E-state index is -0.460. The Bertz CT molecular complexity index is 1220. The summed E-state index contributed by atoms with van der Waals surface area (Å²) >= 11 is 1.38. The molecule has 4 rings (SSSR count). The van der Waals surface area contributed by atoms with E-state index in [9.17, 15) is 10.1 Å². The van der Waals surface area contributed by atoms with Crippen molar-refractivity contribution < 1.29 is 4.79 Å². The maximum absolute atomic E-state index is 12.6. The largest absolute Gasteiger partial charge is 0.358 e. The zero-order valence-corrected chi connectivity index (χ0v) is 15.6. The SMILES string of the molecule is Cc1ccc2[nH]c(C)c(C=C(C#N)C(=O)Nc3nc4ccccc4s3)c2c1. The van der Waals surface area contributed by atoms with Crippen molar-refractivity contribution >= 4 is 49.6 Å². The number of aromatic nitrogens is 2. The monoisotopic (exact) mass is 372 g/mol. The number of rotatable bonds is 3. The van der Waals surface area contributed by atoms with Gasteiger partial charge in [0.05, 0.1) is 10.2 Å². The van der Waals surface area contributed by atoms with Crippen molar-refractivity contribution in [3.63, 3.8) is 0 Å². The molecule has 4 aromatic rings. The first-order chi connectivity index (χ1) is 13.0. The smallest absolute Gasteiger partial charge is 0.268 e. The molecule has 6 heteroatoms. The minimum Gasteiger partial charge on any atom is -0.358 e. The molecular formula is C21H16N4OS. The fraction of sp³-hybridized carbons (Fsp3) is 0.0952. The Morgan fingerprint density at radius 1 is 1.26 bits per heavy atom. The highest BCUT2D eigenvalue weighted by Crippen LogP contribution is 2.27. The molecule has 0 saturated heterocycles. The number of nitrogens with one attached hydrogen (secondary N) is 2. The first-order valence-electron chi connectivity index (χ1n) is 8.43. The third-order valence-corrected chi connectivity index (χ3v) is 5.31. The van der Waals surface area contributed by atoms with Crippen LogP contribution in [0.2, 0.25) is 0 Å². The highest BCUT2D eigenvalue weighted by atomic mass is 32.1. The van der Waals surface area contributed by atoms with E-state index in [4.69, 9.17) is 0 Å². The Balaban J connectivity index is 1.69. The van der Waals surface area contributed by atoms with Crippen LogP contribution in [0.15, 0.2) is 48.0 Å². The van der Waals surface area contributed by atoms with Crippen LogP contribution in [0.4, 0.5) is 5.13 Å². The van der Waals surface area contributed by atoms with Crippen molar-refractivity contribution in [3.8, 4) is 6.07 Å². The molecule has 0 unspecified atom stereocenters. The number of carbonyl (C=O) groups excluding carboxylic acids is 1. The van der Waals surface area contributed by atoms with Gasteiger partial charge in [-0.25, -0.2) is 4.98 Å². The normalized spacial score (nSPS) is 11.7. The fourth-order valence-electron chi connectivity index (χ4n) is 3.03. The number of thiazole rings is 1. The number of aromatic amines is 1. The lowest BCUT2D eigenvalue weighted by Gasteiger charge is -2.01. The molecule has 0 atom stereocenters. The Morgan fingerprint density at radius 3 is 2.85 bits per heavy atom. The Labute approximate surface area is 160 Å². The summed E-state index contributed by atoms with van der Waals surface area (Å²) in [6.45, 7) is 3.95. The van der Waals surface area contributed by atoms with Crippen molar-refractivity contribution in [3.05, 3.63) is 64.9 Å². The number of hydrogen-bond donors (Lipinski definition) is 2. The van der Waals surface area contributed by atoms with Gasteiger partial charge in [-0.15, -0.1) is 0 Å². The number of H-pyrrole nitrogens is 1. The predicted octanol–water partition coefficient (Wildman–Crippen LogP) is 4.94. The van der Waals surface area contributed by atoms with Gasteiger partial charge in [0.25, 0.3) is 5.91 Å². The summed E-state index contributed by atoms with van der Waals surface area (Å²) in [6, 6.07) is 15.7. The molecule has 0 fully saturated rings. The van der Waals surface area contributed by atoms with Gasteiger partial charge in [-0.1, -0.05) is 35.1 Å². The van der Waals surface area contributed by atoms with E-state index in [-0.39, 0.29) is 5.57 Å². The van der Waals surface area contributed by atoms with Gasteiger partial charge in [0.2, 0.25) is 0 Å². The Hall–Kier alpha value is -3.43. The van der Waals surface area contributed by atoms with Gasteiger partial charge < -0.3 is 4.98 Å². The molecule has 132 valence electrons. The van der Waals surface area contributed by atoms with Crippen LogP contribution in [0.1, 0.15) is 16.8 Å². The summed E-state index contributed by atoms with van der Waals surface area (Å²) < 4.78 is 0.984. The van der Waals surface area contributed by atoms with Crippen LogP contribution in [0.25, 0.3) is 27.2 Å². The van der Waals surface area contributed by atoms with E-state index >= 15 is 0 Å². The third kappa shape index (κ3) is 3.21. The lowest BCUT2D eigenvalue weighted by molar-refractivity contribution is -0.112. The lowest BCUT2D eigenvalue weighted by atomic mass is 10.1. The van der Waals surface area contributed by atoms with Crippen LogP contribution in [-0.4, -0.2) is 15.9 Å². The number of para-hydroxylation sites is 1. The van der Waals surface area contributed by atoms with Gasteiger partial charge in [-0.2, -0.15) is 5.26 Å². The van der Waals surface area contributed by atoms with E-state index in [1.165, 1.54) is 11.3 Å². The van der Waals surface area contributed by atoms with Crippen LogP contribution >= 0.6 is 11.3 Å². The standard InChI is InChI=1S/C21H16N4OS/c1-12-7-8-17-16(9-12)15(13(2)23-17)10-14(11-22)20(26)25-21-24-18-5-3-4-6-19(18)27-21/h3-10,23H,1-2H3,(H,24,25,26). The molecule has 0 saturated carbocycles. The first-order valence-corrected chi connectivity index (χ1v) is 9.24. The number of nitriles is 1. The molecule has 5 nitrogen and oxygen atoms in total. The molecular weight excluding hydrogens is 356 g/mol. The van der Waals surface area contributed by atoms with Crippen LogP contribution in [0.3, 0.4) is 0 Å². The molecule has 2 aromatic heterocycles. The number of nitrogens with zero attached hydrogens (tertiary/aromatic N) is 2. The molecule has 0 bridgehead atoms. The quantitative estimate of drug-likeness (QED) is 0.395. The highest BCUT2D eigenvalue weighted by molar-refractivity contribution is 7.22. The van der Waals surface area contributed by atoms with Crippen LogP contribution in [0.5, 0.6) is 0 Å². The zero-order valence-electron chi connectivity index (χ0n) is 14.8. The Morgan fingerprint density at radius 2 is 2.07 bits per heavy atom. The van der Waals surface area contributed by atoms with Gasteiger partial charge in [-0.05, 0) is 44.2 Å². The number of carbonyl (C=O) groups is 1. The molecule has 0 aliphatic rings. The zero-order chi connectivity index (χ0) is 19.0. The van der Waals surface area contributed by atoms with E-state index in [0.29, 0.717) is 5.13 Å². The number of fused-ring (bicyclic) bond motifs is 2. The molecule has 2 aromatic carbocycles. The van der Waals surface area contributed by atoms with Crippen LogP contribution in [-0.2, 0) is 4.79 Å². The van der Waals surface area contributed by atoms with Gasteiger partial charge in [0.15, 0.2) is 5.13 Å². The fourth-order valence-corrected chi connectivity index (χ4v) is 3.89. The van der Waals surface area contributed by atoms with Crippen molar-refractivity contribution in [1.29, 1.82) is 5.26 Å². The summed E-state index contributed by atoms with van der Waals surface area (Å²) in [7, 11) is 0. The van der Waals surface area contributed by atoms with Gasteiger partial charge >= 0.3 is 0 Å². The van der Waals surface area contributed by atoms with Gasteiger partial charge in [0.1, 0.15) is 11.6 Å². The van der Waals surface area contributed by atoms with Crippen molar-refractivity contribution in [2.45, 2.75) is 13.8 Å². The molecule has 27 heavy (non-hydrogen) atoms. The minimum absolute atomic E-state index is 0.0414. The third-order valence-electron chi connectivity index (χ3n) is 4.36. The highest BCUT2D eigenvalue weighted by Gasteiger charge is 2.15. The van der Waals surface area contributed by atoms with Crippen molar-refractivity contribution in [1.82, 2.24) is 9.97 Å². The maximum atomic E-state index is 12.6. The van der Waals surface area contributed by atoms with Crippen molar-refractivity contribution in [2.75, 3.05) is 5.32 Å². The summed E-state index contributed by atoms with van der Waals surface area (Å²) in [4.78, 5) is 20.3. The second kappa shape index (κ2) is 6.71. The number of anilines is 1. The summed E-state index contributed by atoms with van der Waals surface area (Å²) in [5.41, 5.74) is 4.73. The lowest BCUT2D eigenvalue weighted by Crippen LogP contribution is -2.13. The molecule has 1 amide bonds. The van der Waals surface area contributed by atoms with Crippen molar-refractivity contribution in [2.24, 2.45) is 0 Å². The summed E-state index contributed by atoms with van der Waals surface area (Å²) in [5, 5.41) is 13.7. The van der Waals surface area contributed by atoms with Crippen LogP contribution in [0, 0.1) is 25.2 Å². The molecule has 2 N–H and O–H groups in total. The van der Waals surface area contributed by atoms with E-state index in [2.05, 4.69) is 15.3 Å². The summed E-state index contributed by atoms with van der Waals surface area (Å²) in [5.74, 6) is -0.460. The second-order valence-corrected chi connectivity index (χ2v) is 7.35. The maximum Gasteiger partial charge on any atom is 0.268 e. The number of amides is 1. The van der Waals surface area contributed by atoms with E-state index in [1.54, 1.807) is 6.08 Å². The number of hydrogen-bond acceptors (Lipinski definition) is 4. The van der Waals surface area contributed by atoms with Gasteiger partial charge in [-0.3, -0.25) is 10.1 Å². The molecule has 0 aliphatic carbocycles. The van der Waals surface area contributed by atoms with E-state index in [1.807, 2.05) is 62.4 Å². The van der Waals surface area contributed by atoms with Gasteiger partial charge in [0, 0.05) is 22.2 Å². The molecule has 0 spiro atoms. The number of aryl methyl sites for hydroxylation is 2. The number of benzene rings is 2. The average Bonchev–Trinajstić information content (AvgIpc) is 3.19.